The topological polar surface area (TPSA) is 175 Å². The van der Waals surface area contributed by atoms with E-state index in [4.69, 9.17) is 23.7 Å². The van der Waals surface area contributed by atoms with Crippen LogP contribution in [0.3, 0.4) is 0 Å². The number of hydrogen-bond donors (Lipinski definition) is 2. The van der Waals surface area contributed by atoms with Crippen molar-refractivity contribution in [3.8, 4) is 0 Å². The Labute approximate surface area is 382 Å². The molecule has 2 bridgehead atoms. The van der Waals surface area contributed by atoms with Crippen LogP contribution in [0.4, 0.5) is 0 Å². The molecule has 1 saturated carbocycles. The van der Waals surface area contributed by atoms with Crippen molar-refractivity contribution in [2.24, 2.45) is 35.5 Å². The van der Waals surface area contributed by atoms with E-state index in [1.165, 1.54) is 12.0 Å². The molecule has 1 aliphatic carbocycles. The lowest BCUT2D eigenvalue weighted by Gasteiger charge is -2.39. The molecule has 1 amide bonds. The molecule has 3 aliphatic heterocycles. The van der Waals surface area contributed by atoms with Crippen LogP contribution in [0.1, 0.15) is 126 Å². The van der Waals surface area contributed by atoms with Crippen LogP contribution in [-0.2, 0) is 47.7 Å². The second-order valence-electron chi connectivity index (χ2n) is 19.5. The number of Topliss-reactive ketones (excluding diaryl/α,β-unsaturated/α-hetero) is 3. The van der Waals surface area contributed by atoms with E-state index in [2.05, 4.69) is 0 Å². The molecule has 15 atom stereocenters. The lowest BCUT2D eigenvalue weighted by atomic mass is 9.78. The van der Waals surface area contributed by atoms with Gasteiger partial charge in [-0.1, -0.05) is 71.1 Å². The van der Waals surface area contributed by atoms with Gasteiger partial charge < -0.3 is 38.8 Å². The highest BCUT2D eigenvalue weighted by molar-refractivity contribution is 6.38. The molecule has 64 heavy (non-hydrogen) atoms. The zero-order chi connectivity index (χ0) is 47.2. The van der Waals surface area contributed by atoms with Gasteiger partial charge in [-0.05, 0) is 113 Å². The molecule has 2 saturated heterocycles. The van der Waals surface area contributed by atoms with Crippen LogP contribution in [0, 0.1) is 35.5 Å². The van der Waals surface area contributed by atoms with E-state index in [0.29, 0.717) is 69.8 Å². The maximum absolute atomic E-state index is 14.3. The van der Waals surface area contributed by atoms with E-state index in [-0.39, 0.29) is 66.5 Å². The SMILES string of the molecule is CO[C@H]1C[C@@H]2CC[C@@H](C)[C@@H](O2)C(=O)C(=O)N2CCCC[C@H]2C(=O)O[C@H]([C@H](C)C[C@@H]2CC[C@@H](O)[C@H](OC)C2)CC(=O)/C(C)=C/C(C)[C@@H](O)[C@@H](OC)C(=O)[C@H](C)C[C@H](C)C=CC=CC=C1C. The summed E-state index contributed by atoms with van der Waals surface area (Å²) in [5, 5.41) is 21.9. The van der Waals surface area contributed by atoms with Gasteiger partial charge in [0.2, 0.25) is 5.78 Å². The fourth-order valence-corrected chi connectivity index (χ4v) is 10.1. The van der Waals surface area contributed by atoms with Crippen molar-refractivity contribution in [1.29, 1.82) is 0 Å². The van der Waals surface area contributed by atoms with E-state index in [9.17, 15) is 34.2 Å². The number of amides is 1. The van der Waals surface area contributed by atoms with Gasteiger partial charge in [0.15, 0.2) is 11.6 Å². The molecule has 4 aliphatic rings. The first-order chi connectivity index (χ1) is 30.4. The smallest absolute Gasteiger partial charge is 0.329 e. The number of cyclic esters (lactones) is 1. The minimum Gasteiger partial charge on any atom is -0.460 e. The average molecular weight is 898 g/mol. The first kappa shape index (κ1) is 53.3. The Balaban J connectivity index is 1.68. The van der Waals surface area contributed by atoms with Gasteiger partial charge in [-0.15, -0.1) is 0 Å². The number of piperidine rings is 1. The normalized spacial score (nSPS) is 37.9. The van der Waals surface area contributed by atoms with Crippen LogP contribution in [0.5, 0.6) is 0 Å². The summed E-state index contributed by atoms with van der Waals surface area (Å²) in [5.74, 6) is -4.00. The number of esters is 1. The predicted octanol–water partition coefficient (Wildman–Crippen LogP) is 6.86. The van der Waals surface area contributed by atoms with E-state index >= 15 is 0 Å². The molecule has 13 heteroatoms. The van der Waals surface area contributed by atoms with Gasteiger partial charge in [0.25, 0.3) is 5.91 Å². The Hall–Kier alpha value is -3.33. The molecule has 3 fully saturated rings. The Bertz CT molecular complexity index is 1700. The summed E-state index contributed by atoms with van der Waals surface area (Å²) < 4.78 is 29.7. The molecule has 0 aromatic rings. The first-order valence-corrected chi connectivity index (χ1v) is 23.8. The lowest BCUT2D eigenvalue weighted by molar-refractivity contribution is -0.170. The van der Waals surface area contributed by atoms with Crippen LogP contribution in [0.2, 0.25) is 0 Å². The molecule has 13 nitrogen and oxygen atoms in total. The van der Waals surface area contributed by atoms with Gasteiger partial charge in [0.05, 0.1) is 30.5 Å². The van der Waals surface area contributed by atoms with Crippen LogP contribution in [0.15, 0.2) is 47.6 Å². The van der Waals surface area contributed by atoms with E-state index in [1.54, 1.807) is 34.1 Å². The second kappa shape index (κ2) is 25.5. The largest absolute Gasteiger partial charge is 0.460 e. The highest BCUT2D eigenvalue weighted by Gasteiger charge is 2.44. The van der Waals surface area contributed by atoms with Crippen molar-refractivity contribution in [3.05, 3.63) is 47.6 Å². The maximum Gasteiger partial charge on any atom is 0.329 e. The summed E-state index contributed by atoms with van der Waals surface area (Å²) >= 11 is 0. The summed E-state index contributed by atoms with van der Waals surface area (Å²) in [7, 11) is 4.61. The fraction of sp³-hybridized carbons (Fsp3) is 0.745. The lowest BCUT2D eigenvalue weighted by Crippen LogP contribution is -2.55. The highest BCUT2D eigenvalue weighted by atomic mass is 16.5. The van der Waals surface area contributed by atoms with Crippen LogP contribution < -0.4 is 0 Å². The van der Waals surface area contributed by atoms with Gasteiger partial charge in [-0.3, -0.25) is 19.2 Å². The van der Waals surface area contributed by atoms with Crippen molar-refractivity contribution in [2.75, 3.05) is 27.9 Å². The molecule has 0 spiro atoms. The molecule has 0 radical (unpaired) electrons. The predicted molar refractivity (Wildman–Crippen MR) is 244 cm³/mol. The quantitative estimate of drug-likeness (QED) is 0.210. The standard InChI is InChI=1S/C51H79NO12/c1-30-16-12-11-13-17-31(2)42(60-8)28-38-21-19-32(3)48(63-38)47(57)50(58)52-23-15-14-18-39(52)51(59)64-43(34(5)26-37-20-22-40(53)44(27-37)61-9)29-41(54)33(4)25-36(7)46(56)49(62-10)45(55)35(6)24-30/h11-13,16-17,25,30,32,34-40,42-44,46,48-49,53,56H,14-15,18-24,26-29H2,1-10H3/b13-11?,16-12?,31-17?,33-25+/t30-,32-,34-,35-,36?,37+,38+,39+,40-,42+,43+,44-,46-,48-,49+/m1/s1. The number of ketones is 3. The van der Waals surface area contributed by atoms with Crippen LogP contribution in [-0.4, -0.2) is 127 Å². The number of nitrogens with zero attached hydrogens (tertiary/aromatic N) is 1. The maximum atomic E-state index is 14.3. The first-order valence-electron chi connectivity index (χ1n) is 23.8. The van der Waals surface area contributed by atoms with Crippen molar-refractivity contribution in [3.63, 3.8) is 0 Å². The van der Waals surface area contributed by atoms with Crippen LogP contribution in [0.25, 0.3) is 0 Å². The van der Waals surface area contributed by atoms with Crippen LogP contribution >= 0.6 is 0 Å². The minimum absolute atomic E-state index is 0.0490. The molecule has 3 heterocycles. The van der Waals surface area contributed by atoms with Gasteiger partial charge >= 0.3 is 5.97 Å². The van der Waals surface area contributed by atoms with Gasteiger partial charge in [-0.2, -0.15) is 0 Å². The third kappa shape index (κ3) is 14.6. The molecule has 360 valence electrons. The number of fused-ring (bicyclic) bond motifs is 3. The molecule has 2 N–H and O–H groups in total. The number of carbonyl (C=O) groups is 5. The Morgan fingerprint density at radius 1 is 0.844 bits per heavy atom. The van der Waals surface area contributed by atoms with E-state index < -0.39 is 66.1 Å². The number of hydrogen-bond acceptors (Lipinski definition) is 12. The molecular formula is C51H79NO12. The fourth-order valence-electron chi connectivity index (χ4n) is 10.1. The summed E-state index contributed by atoms with van der Waals surface area (Å²) in [6, 6.07) is -1.02. The third-order valence-corrected chi connectivity index (χ3v) is 14.3. The summed E-state index contributed by atoms with van der Waals surface area (Å²) in [6.07, 6.45) is 12.1. The molecular weight excluding hydrogens is 819 g/mol. The van der Waals surface area contributed by atoms with Crippen molar-refractivity contribution < 1.29 is 57.9 Å². The third-order valence-electron chi connectivity index (χ3n) is 14.3. The van der Waals surface area contributed by atoms with Crippen molar-refractivity contribution >= 4 is 29.2 Å². The zero-order valence-corrected chi connectivity index (χ0v) is 40.2. The number of methoxy groups -OCH3 is 3. The summed E-state index contributed by atoms with van der Waals surface area (Å²) in [4.78, 5) is 71.8. The van der Waals surface area contributed by atoms with Gasteiger partial charge in [-0.25, -0.2) is 4.79 Å². The number of ether oxygens (including phenoxy) is 5. The Morgan fingerprint density at radius 3 is 2.27 bits per heavy atom. The van der Waals surface area contributed by atoms with E-state index in [1.807, 2.05) is 65.0 Å². The number of aliphatic hydroxyl groups excluding tert-OH is 2. The number of allylic oxidation sites excluding steroid dienone is 6. The van der Waals surface area contributed by atoms with Crippen molar-refractivity contribution in [2.45, 2.75) is 180 Å². The summed E-state index contributed by atoms with van der Waals surface area (Å²) in [6.45, 7) is 13.3. The number of aliphatic hydroxyl groups is 2. The van der Waals surface area contributed by atoms with Crippen molar-refractivity contribution in [1.82, 2.24) is 4.90 Å². The van der Waals surface area contributed by atoms with E-state index in [0.717, 1.165) is 12.0 Å². The highest BCUT2D eigenvalue weighted by Crippen LogP contribution is 2.35. The number of carbonyl (C=O) groups excluding carboxylic acids is 5. The molecule has 0 aromatic heterocycles. The monoisotopic (exact) mass is 898 g/mol. The molecule has 4 rings (SSSR count). The van der Waals surface area contributed by atoms with Gasteiger partial charge in [0.1, 0.15) is 24.4 Å². The van der Waals surface area contributed by atoms with Gasteiger partial charge in [0, 0.05) is 52.6 Å². The second-order valence-corrected chi connectivity index (χ2v) is 19.5. The summed E-state index contributed by atoms with van der Waals surface area (Å²) in [5.41, 5.74) is 1.31. The zero-order valence-electron chi connectivity index (χ0n) is 40.2. The minimum atomic E-state index is -1.23. The number of rotatable bonds is 6. The molecule has 1 unspecified atom stereocenters. The Morgan fingerprint density at radius 2 is 1.58 bits per heavy atom. The average Bonchev–Trinajstić information content (AvgIpc) is 3.27. The Kier molecular flexibility index (Phi) is 21.3. The molecule has 0 aromatic carbocycles.